The summed E-state index contributed by atoms with van der Waals surface area (Å²) in [7, 11) is 5.53. The number of nitrogens with zero attached hydrogens (tertiary/aromatic N) is 1. The molecule has 44 heavy (non-hydrogen) atoms. The van der Waals surface area contributed by atoms with Crippen LogP contribution in [0.5, 0.6) is 23.0 Å². The number of aliphatic hydroxyl groups is 1. The molecule has 0 fully saturated rings. The van der Waals surface area contributed by atoms with Gasteiger partial charge in [0.2, 0.25) is 0 Å². The molecule has 0 radical (unpaired) electrons. The van der Waals surface area contributed by atoms with E-state index < -0.39 is 34.7 Å². The van der Waals surface area contributed by atoms with Crippen molar-refractivity contribution in [1.82, 2.24) is 0 Å². The number of carbonyl (C=O) groups excluding carboxylic acids is 2. The number of aliphatic hydroxyl groups excluding tert-OH is 1. The van der Waals surface area contributed by atoms with Crippen LogP contribution in [-0.4, -0.2) is 52.0 Å². The monoisotopic (exact) mass is 637 g/mol. The third-order valence-electron chi connectivity index (χ3n) is 6.47. The van der Waals surface area contributed by atoms with E-state index in [0.29, 0.717) is 17.4 Å². The first-order chi connectivity index (χ1) is 20.9. The van der Waals surface area contributed by atoms with Crippen molar-refractivity contribution >= 4 is 29.2 Å². The van der Waals surface area contributed by atoms with Crippen molar-refractivity contribution < 1.29 is 51.6 Å². The van der Waals surface area contributed by atoms with Crippen LogP contribution < -0.4 is 23.8 Å². The third-order valence-corrected chi connectivity index (χ3v) is 6.79. The van der Waals surface area contributed by atoms with E-state index >= 15 is 0 Å². The number of rotatable bonds is 12. The first-order valence-electron chi connectivity index (χ1n) is 13.1. The van der Waals surface area contributed by atoms with Crippen LogP contribution in [0.1, 0.15) is 35.3 Å². The maximum Gasteiger partial charge on any atom is 0.417 e. The number of hydrogen-bond acceptors (Lipinski definition) is 8. The number of halogens is 4. The summed E-state index contributed by atoms with van der Waals surface area (Å²) in [4.78, 5) is 26.7. The van der Waals surface area contributed by atoms with Gasteiger partial charge < -0.3 is 33.7 Å². The Morgan fingerprint density at radius 3 is 2.23 bits per heavy atom. The van der Waals surface area contributed by atoms with Gasteiger partial charge in [0.1, 0.15) is 17.6 Å². The highest BCUT2D eigenvalue weighted by Gasteiger charge is 2.37. The second-order valence-corrected chi connectivity index (χ2v) is 9.47. The molecule has 1 atom stereocenters. The normalized spacial score (nSPS) is 12.0. The summed E-state index contributed by atoms with van der Waals surface area (Å²) in [5.74, 6) is -0.692. The van der Waals surface area contributed by atoms with E-state index in [1.165, 1.54) is 40.6 Å². The van der Waals surface area contributed by atoms with Gasteiger partial charge in [0.05, 0.1) is 57.9 Å². The Bertz CT molecular complexity index is 1530. The van der Waals surface area contributed by atoms with Crippen molar-refractivity contribution in [2.75, 3.05) is 39.9 Å². The minimum absolute atomic E-state index is 0.0367. The van der Waals surface area contributed by atoms with Crippen molar-refractivity contribution in [2.24, 2.45) is 0 Å². The average molecular weight is 638 g/mol. The molecule has 236 valence electrons. The SMILES string of the molecule is CCOC(=O)C=CC(=O)N(Cc1ccc(OC)cc1OC)c1cc(C(F)(F)F)c(Cl)cc1C(O)c1cccc(OC)c1OC. The van der Waals surface area contributed by atoms with Crippen LogP contribution in [0, 0.1) is 0 Å². The number of para-hydroxylation sites is 1. The number of ether oxygens (including phenoxy) is 5. The lowest BCUT2D eigenvalue weighted by molar-refractivity contribution is -0.138. The highest BCUT2D eigenvalue weighted by Crippen LogP contribution is 2.45. The molecule has 1 N–H and O–H groups in total. The van der Waals surface area contributed by atoms with Gasteiger partial charge in [0.15, 0.2) is 11.5 Å². The van der Waals surface area contributed by atoms with Crippen molar-refractivity contribution in [2.45, 2.75) is 25.7 Å². The van der Waals surface area contributed by atoms with Gasteiger partial charge in [0.25, 0.3) is 5.91 Å². The number of carbonyl (C=O) groups is 2. The van der Waals surface area contributed by atoms with Crippen LogP contribution in [0.2, 0.25) is 5.02 Å². The van der Waals surface area contributed by atoms with Gasteiger partial charge in [-0.3, -0.25) is 4.79 Å². The summed E-state index contributed by atoms with van der Waals surface area (Å²) in [5.41, 5.74) is -1.28. The van der Waals surface area contributed by atoms with E-state index in [1.54, 1.807) is 31.2 Å². The standard InChI is InChI=1S/C31H31ClF3NO8/c1-6-44-28(38)13-12-27(37)36(17-18-10-11-19(40-2)14-26(18)42-4)24-16-22(31(33,34)35)23(32)15-21(24)29(39)20-8-7-9-25(41-3)30(20)43-5/h7-16,29,39H,6,17H2,1-5H3. The topological polar surface area (TPSA) is 104 Å². The molecule has 0 bridgehead atoms. The summed E-state index contributed by atoms with van der Waals surface area (Å²) >= 11 is 6.11. The molecule has 0 saturated heterocycles. The van der Waals surface area contributed by atoms with Gasteiger partial charge in [-0.05, 0) is 37.3 Å². The summed E-state index contributed by atoms with van der Waals surface area (Å²) in [6.45, 7) is 1.25. The number of esters is 1. The molecular formula is C31H31ClF3NO8. The Morgan fingerprint density at radius 1 is 0.932 bits per heavy atom. The molecule has 0 aliphatic rings. The lowest BCUT2D eigenvalue weighted by Crippen LogP contribution is -2.31. The van der Waals surface area contributed by atoms with E-state index in [9.17, 15) is 27.9 Å². The van der Waals surface area contributed by atoms with Gasteiger partial charge in [-0.2, -0.15) is 13.2 Å². The molecule has 0 heterocycles. The van der Waals surface area contributed by atoms with E-state index in [1.807, 2.05) is 0 Å². The predicted molar refractivity (Wildman–Crippen MR) is 157 cm³/mol. The zero-order valence-corrected chi connectivity index (χ0v) is 25.3. The molecule has 0 saturated carbocycles. The summed E-state index contributed by atoms with van der Waals surface area (Å²) in [6.07, 6.45) is -4.86. The number of hydrogen-bond donors (Lipinski definition) is 1. The molecule has 3 aromatic carbocycles. The largest absolute Gasteiger partial charge is 0.497 e. The minimum Gasteiger partial charge on any atom is -0.497 e. The highest BCUT2D eigenvalue weighted by atomic mass is 35.5. The molecule has 13 heteroatoms. The smallest absolute Gasteiger partial charge is 0.417 e. The summed E-state index contributed by atoms with van der Waals surface area (Å²) in [5, 5.41) is 10.9. The van der Waals surface area contributed by atoms with Crippen molar-refractivity contribution in [1.29, 1.82) is 0 Å². The number of amides is 1. The van der Waals surface area contributed by atoms with Crippen LogP contribution in [0.4, 0.5) is 18.9 Å². The Balaban J connectivity index is 2.33. The molecule has 0 spiro atoms. The van der Waals surface area contributed by atoms with E-state index in [-0.39, 0.29) is 47.2 Å². The number of anilines is 1. The predicted octanol–water partition coefficient (Wildman–Crippen LogP) is 6.13. The van der Waals surface area contributed by atoms with Gasteiger partial charge in [-0.1, -0.05) is 23.7 Å². The van der Waals surface area contributed by atoms with Crippen molar-refractivity contribution in [3.05, 3.63) is 88.0 Å². The molecule has 3 aromatic rings. The van der Waals surface area contributed by atoms with Crippen LogP contribution in [0.3, 0.4) is 0 Å². The zero-order valence-electron chi connectivity index (χ0n) is 24.5. The number of methoxy groups -OCH3 is 4. The van der Waals surface area contributed by atoms with Crippen LogP contribution in [0.25, 0.3) is 0 Å². The maximum absolute atomic E-state index is 14.1. The quantitative estimate of drug-likeness (QED) is 0.187. The summed E-state index contributed by atoms with van der Waals surface area (Å²) < 4.78 is 68.7. The fourth-order valence-corrected chi connectivity index (χ4v) is 4.68. The van der Waals surface area contributed by atoms with E-state index in [0.717, 1.165) is 23.1 Å². The molecule has 0 aromatic heterocycles. The van der Waals surface area contributed by atoms with Gasteiger partial charge >= 0.3 is 12.1 Å². The van der Waals surface area contributed by atoms with Crippen molar-refractivity contribution in [3.63, 3.8) is 0 Å². The zero-order chi connectivity index (χ0) is 32.6. The second kappa shape index (κ2) is 14.8. The Kier molecular flexibility index (Phi) is 11.5. The van der Waals surface area contributed by atoms with Gasteiger partial charge in [-0.15, -0.1) is 0 Å². The van der Waals surface area contributed by atoms with Gasteiger partial charge in [0, 0.05) is 34.9 Å². The van der Waals surface area contributed by atoms with E-state index in [4.69, 9.17) is 35.3 Å². The van der Waals surface area contributed by atoms with E-state index in [2.05, 4.69) is 0 Å². The molecule has 1 unspecified atom stereocenters. The summed E-state index contributed by atoms with van der Waals surface area (Å²) in [6, 6.07) is 10.9. The molecular weight excluding hydrogens is 607 g/mol. The Hall–Kier alpha value is -4.42. The van der Waals surface area contributed by atoms with Gasteiger partial charge in [-0.25, -0.2) is 4.79 Å². The molecule has 0 aliphatic carbocycles. The number of alkyl halides is 3. The average Bonchev–Trinajstić information content (AvgIpc) is 3.01. The Labute approximate surface area is 257 Å². The fourth-order valence-electron chi connectivity index (χ4n) is 4.40. The second-order valence-electron chi connectivity index (χ2n) is 9.06. The van der Waals surface area contributed by atoms with Crippen molar-refractivity contribution in [3.8, 4) is 23.0 Å². The first kappa shape index (κ1) is 34.1. The number of benzene rings is 3. The van der Waals surface area contributed by atoms with Crippen LogP contribution in [-0.2, 0) is 27.0 Å². The molecule has 1 amide bonds. The highest BCUT2D eigenvalue weighted by molar-refractivity contribution is 6.31. The molecule has 3 rings (SSSR count). The van der Waals surface area contributed by atoms with Crippen LogP contribution >= 0.6 is 11.6 Å². The minimum atomic E-state index is -4.92. The fraction of sp³-hybridized carbons (Fsp3) is 0.290. The lowest BCUT2D eigenvalue weighted by Gasteiger charge is -2.29. The molecule has 9 nitrogen and oxygen atoms in total. The molecule has 0 aliphatic heterocycles. The first-order valence-corrected chi connectivity index (χ1v) is 13.4. The maximum atomic E-state index is 14.1. The Morgan fingerprint density at radius 2 is 1.64 bits per heavy atom. The third kappa shape index (κ3) is 7.74. The lowest BCUT2D eigenvalue weighted by atomic mass is 9.96. The van der Waals surface area contributed by atoms with Crippen LogP contribution in [0.15, 0.2) is 60.7 Å².